The van der Waals surface area contributed by atoms with Gasteiger partial charge in [0.2, 0.25) is 10.0 Å². The van der Waals surface area contributed by atoms with Crippen molar-refractivity contribution in [2.45, 2.75) is 17.9 Å². The number of hydrogen-bond donors (Lipinski definition) is 1. The Balaban J connectivity index is 1.96. The standard InChI is InChI=1S/C21H19ClFNO3S/c1-14(24-28(25,26)17-7-5-6-16(13-17)27-2)18-8-3-4-9-19(18)20-11-10-15(22)12-21(20)23/h3-14,24H,1-2H3. The summed E-state index contributed by atoms with van der Waals surface area (Å²) in [4.78, 5) is 0.0915. The smallest absolute Gasteiger partial charge is 0.241 e. The average Bonchev–Trinajstić information content (AvgIpc) is 2.68. The third-order valence-corrected chi connectivity index (χ3v) is 6.11. The van der Waals surface area contributed by atoms with Crippen molar-refractivity contribution >= 4 is 21.6 Å². The van der Waals surface area contributed by atoms with Gasteiger partial charge in [-0.2, -0.15) is 0 Å². The first-order chi connectivity index (χ1) is 13.3. The molecule has 7 heteroatoms. The fourth-order valence-electron chi connectivity index (χ4n) is 2.96. The number of sulfonamides is 1. The summed E-state index contributed by atoms with van der Waals surface area (Å²) in [5.41, 5.74) is 1.60. The van der Waals surface area contributed by atoms with Crippen LogP contribution in [0.1, 0.15) is 18.5 Å². The topological polar surface area (TPSA) is 55.4 Å². The molecule has 0 aliphatic rings. The minimum atomic E-state index is -3.80. The molecule has 1 N–H and O–H groups in total. The SMILES string of the molecule is COc1cccc(S(=O)(=O)NC(C)c2ccccc2-c2ccc(Cl)cc2F)c1. The van der Waals surface area contributed by atoms with Gasteiger partial charge in [0.1, 0.15) is 11.6 Å². The van der Waals surface area contributed by atoms with Gasteiger partial charge in [-0.25, -0.2) is 17.5 Å². The van der Waals surface area contributed by atoms with Gasteiger partial charge < -0.3 is 4.74 Å². The second-order valence-electron chi connectivity index (χ2n) is 6.23. The van der Waals surface area contributed by atoms with Crippen LogP contribution in [0.3, 0.4) is 0 Å². The lowest BCUT2D eigenvalue weighted by atomic mass is 9.95. The number of methoxy groups -OCH3 is 1. The van der Waals surface area contributed by atoms with E-state index in [9.17, 15) is 12.8 Å². The van der Waals surface area contributed by atoms with Crippen LogP contribution in [-0.2, 0) is 10.0 Å². The van der Waals surface area contributed by atoms with E-state index in [1.807, 2.05) is 0 Å². The van der Waals surface area contributed by atoms with Gasteiger partial charge in [-0.05, 0) is 48.4 Å². The van der Waals surface area contributed by atoms with Crippen molar-refractivity contribution in [3.8, 4) is 16.9 Å². The average molecular weight is 420 g/mol. The van der Waals surface area contributed by atoms with E-state index >= 15 is 0 Å². The van der Waals surface area contributed by atoms with E-state index in [2.05, 4.69) is 4.72 Å². The van der Waals surface area contributed by atoms with Crippen LogP contribution in [0.15, 0.2) is 71.6 Å². The molecular formula is C21H19ClFNO3S. The number of ether oxygens (including phenoxy) is 1. The number of benzene rings is 3. The second kappa shape index (κ2) is 8.31. The van der Waals surface area contributed by atoms with Gasteiger partial charge in [0.15, 0.2) is 0 Å². The number of rotatable bonds is 6. The van der Waals surface area contributed by atoms with E-state index in [1.165, 1.54) is 25.3 Å². The van der Waals surface area contributed by atoms with E-state index in [0.29, 0.717) is 27.5 Å². The third-order valence-electron chi connectivity index (χ3n) is 4.33. The Morgan fingerprint density at radius 3 is 2.46 bits per heavy atom. The minimum absolute atomic E-state index is 0.0915. The molecule has 1 atom stereocenters. The van der Waals surface area contributed by atoms with Crippen molar-refractivity contribution in [3.05, 3.63) is 83.1 Å². The van der Waals surface area contributed by atoms with E-state index in [-0.39, 0.29) is 4.90 Å². The molecule has 28 heavy (non-hydrogen) atoms. The normalized spacial score (nSPS) is 12.6. The molecule has 4 nitrogen and oxygen atoms in total. The van der Waals surface area contributed by atoms with Gasteiger partial charge in [-0.3, -0.25) is 0 Å². The van der Waals surface area contributed by atoms with Crippen LogP contribution in [-0.4, -0.2) is 15.5 Å². The molecule has 3 rings (SSSR count). The van der Waals surface area contributed by atoms with Crippen molar-refractivity contribution in [2.24, 2.45) is 0 Å². The number of hydrogen-bond acceptors (Lipinski definition) is 3. The van der Waals surface area contributed by atoms with E-state index in [1.54, 1.807) is 55.5 Å². The van der Waals surface area contributed by atoms with Crippen molar-refractivity contribution in [2.75, 3.05) is 7.11 Å². The van der Waals surface area contributed by atoms with Crippen LogP contribution in [0.25, 0.3) is 11.1 Å². The number of nitrogens with one attached hydrogen (secondary N) is 1. The molecule has 0 aliphatic carbocycles. The largest absolute Gasteiger partial charge is 0.497 e. The summed E-state index contributed by atoms with van der Waals surface area (Å²) in [5.74, 6) is -0.0260. The zero-order chi connectivity index (χ0) is 20.3. The Labute approximate surface area is 169 Å². The van der Waals surface area contributed by atoms with Crippen LogP contribution in [0.4, 0.5) is 4.39 Å². The summed E-state index contributed by atoms with van der Waals surface area (Å²) in [7, 11) is -2.33. The first-order valence-electron chi connectivity index (χ1n) is 8.52. The highest BCUT2D eigenvalue weighted by molar-refractivity contribution is 7.89. The zero-order valence-corrected chi connectivity index (χ0v) is 16.9. The molecule has 146 valence electrons. The highest BCUT2D eigenvalue weighted by Crippen LogP contribution is 2.32. The molecular weight excluding hydrogens is 401 g/mol. The number of halogens is 2. The Morgan fingerprint density at radius 1 is 1.00 bits per heavy atom. The predicted molar refractivity (Wildman–Crippen MR) is 109 cm³/mol. The first kappa shape index (κ1) is 20.3. The van der Waals surface area contributed by atoms with Gasteiger partial charge >= 0.3 is 0 Å². The van der Waals surface area contributed by atoms with E-state index in [4.69, 9.17) is 16.3 Å². The molecule has 0 amide bonds. The molecule has 3 aromatic carbocycles. The summed E-state index contributed by atoms with van der Waals surface area (Å²) in [6.45, 7) is 1.71. The molecule has 3 aromatic rings. The predicted octanol–water partition coefficient (Wildman–Crippen LogP) is 5.19. The minimum Gasteiger partial charge on any atom is -0.497 e. The van der Waals surface area contributed by atoms with Gasteiger partial charge in [-0.15, -0.1) is 0 Å². The van der Waals surface area contributed by atoms with Crippen molar-refractivity contribution < 1.29 is 17.5 Å². The first-order valence-corrected chi connectivity index (χ1v) is 10.4. The molecule has 0 heterocycles. The van der Waals surface area contributed by atoms with Crippen molar-refractivity contribution in [1.82, 2.24) is 4.72 Å². The zero-order valence-electron chi connectivity index (χ0n) is 15.3. The molecule has 0 radical (unpaired) electrons. The van der Waals surface area contributed by atoms with Crippen molar-refractivity contribution in [3.63, 3.8) is 0 Å². The van der Waals surface area contributed by atoms with Gasteiger partial charge in [0.25, 0.3) is 0 Å². The summed E-state index contributed by atoms with van der Waals surface area (Å²) >= 11 is 5.84. The fourth-order valence-corrected chi connectivity index (χ4v) is 4.38. The maximum atomic E-state index is 14.4. The lowest BCUT2D eigenvalue weighted by molar-refractivity contribution is 0.413. The van der Waals surface area contributed by atoms with Crippen LogP contribution >= 0.6 is 11.6 Å². The summed E-state index contributed by atoms with van der Waals surface area (Å²) < 4.78 is 47.7. The fraction of sp³-hybridized carbons (Fsp3) is 0.143. The Morgan fingerprint density at radius 2 is 1.75 bits per heavy atom. The van der Waals surface area contributed by atoms with E-state index in [0.717, 1.165) is 0 Å². The molecule has 1 unspecified atom stereocenters. The Kier molecular flexibility index (Phi) is 6.03. The van der Waals surface area contributed by atoms with Crippen LogP contribution in [0, 0.1) is 5.82 Å². The Hall–Kier alpha value is -2.41. The quantitative estimate of drug-likeness (QED) is 0.597. The van der Waals surface area contributed by atoms with Gasteiger partial charge in [0, 0.05) is 22.7 Å². The Bertz CT molecular complexity index is 1100. The monoisotopic (exact) mass is 419 g/mol. The summed E-state index contributed by atoms with van der Waals surface area (Å²) in [6, 6.07) is 17.1. The van der Waals surface area contributed by atoms with Crippen LogP contribution in [0.2, 0.25) is 5.02 Å². The summed E-state index contributed by atoms with van der Waals surface area (Å²) in [5, 5.41) is 0.297. The van der Waals surface area contributed by atoms with Crippen LogP contribution < -0.4 is 9.46 Å². The highest BCUT2D eigenvalue weighted by atomic mass is 35.5. The van der Waals surface area contributed by atoms with Gasteiger partial charge in [0.05, 0.1) is 12.0 Å². The second-order valence-corrected chi connectivity index (χ2v) is 8.38. The lowest BCUT2D eigenvalue weighted by Gasteiger charge is -2.19. The molecule has 0 spiro atoms. The van der Waals surface area contributed by atoms with Crippen LogP contribution in [0.5, 0.6) is 5.75 Å². The maximum Gasteiger partial charge on any atom is 0.241 e. The maximum absolute atomic E-state index is 14.4. The molecule has 0 bridgehead atoms. The molecule has 0 fully saturated rings. The molecule has 0 saturated heterocycles. The highest BCUT2D eigenvalue weighted by Gasteiger charge is 2.21. The lowest BCUT2D eigenvalue weighted by Crippen LogP contribution is -2.27. The van der Waals surface area contributed by atoms with E-state index < -0.39 is 21.9 Å². The molecule has 0 saturated carbocycles. The van der Waals surface area contributed by atoms with Crippen molar-refractivity contribution in [1.29, 1.82) is 0 Å². The van der Waals surface area contributed by atoms with Gasteiger partial charge in [-0.1, -0.05) is 41.9 Å². The molecule has 0 aromatic heterocycles. The summed E-state index contributed by atoms with van der Waals surface area (Å²) in [6.07, 6.45) is 0. The molecule has 0 aliphatic heterocycles. The third kappa shape index (κ3) is 4.35.